The highest BCUT2D eigenvalue weighted by Crippen LogP contribution is 2.17. The van der Waals surface area contributed by atoms with Gasteiger partial charge in [-0.25, -0.2) is 0 Å². The summed E-state index contributed by atoms with van der Waals surface area (Å²) in [4.78, 5) is 24.3. The van der Waals surface area contributed by atoms with E-state index in [4.69, 9.17) is 14.2 Å². The molecule has 3 N–H and O–H groups in total. The summed E-state index contributed by atoms with van der Waals surface area (Å²) in [5.74, 6) is 0.344. The predicted molar refractivity (Wildman–Crippen MR) is 121 cm³/mol. The molecule has 2 aromatic carbocycles. The third kappa shape index (κ3) is 9.50. The van der Waals surface area contributed by atoms with Crippen molar-refractivity contribution < 1.29 is 23.8 Å². The molecule has 8 heteroatoms. The number of carbonyl (C=O) groups excluding carboxylic acids is 2. The van der Waals surface area contributed by atoms with Crippen LogP contribution in [0, 0.1) is 0 Å². The maximum Gasteiger partial charge on any atom is 0.251 e. The molecule has 0 aromatic heterocycles. The summed E-state index contributed by atoms with van der Waals surface area (Å²) in [6.45, 7) is 4.82. The van der Waals surface area contributed by atoms with Crippen LogP contribution in [0.15, 0.2) is 48.5 Å². The lowest BCUT2D eigenvalue weighted by Crippen LogP contribution is -2.25. The molecule has 31 heavy (non-hydrogen) atoms. The van der Waals surface area contributed by atoms with E-state index in [1.54, 1.807) is 43.5 Å². The Labute approximate surface area is 183 Å². The first-order valence-electron chi connectivity index (χ1n) is 10.3. The van der Waals surface area contributed by atoms with E-state index in [2.05, 4.69) is 16.0 Å². The van der Waals surface area contributed by atoms with Crippen LogP contribution in [0.5, 0.6) is 5.75 Å². The van der Waals surface area contributed by atoms with Gasteiger partial charge in [-0.1, -0.05) is 6.07 Å². The Morgan fingerprint density at radius 1 is 0.968 bits per heavy atom. The number of nitrogens with one attached hydrogen (secondary N) is 3. The first-order chi connectivity index (χ1) is 15.1. The molecule has 0 aliphatic heterocycles. The SMILES string of the molecule is CCOCCOc1cccc(NC(=O)CNc2ccc(C(=O)NCCCOC)cc2)c1. The Bertz CT molecular complexity index is 811. The van der Waals surface area contributed by atoms with Gasteiger partial charge >= 0.3 is 0 Å². The van der Waals surface area contributed by atoms with E-state index in [1.807, 2.05) is 19.1 Å². The zero-order chi connectivity index (χ0) is 22.3. The van der Waals surface area contributed by atoms with Crippen molar-refractivity contribution in [2.75, 3.05) is 57.3 Å². The predicted octanol–water partition coefficient (Wildman–Crippen LogP) is 2.92. The summed E-state index contributed by atoms with van der Waals surface area (Å²) < 4.78 is 15.8. The van der Waals surface area contributed by atoms with Gasteiger partial charge in [-0.3, -0.25) is 9.59 Å². The van der Waals surface area contributed by atoms with Crippen molar-refractivity contribution >= 4 is 23.2 Å². The van der Waals surface area contributed by atoms with Gasteiger partial charge in [0.2, 0.25) is 5.91 Å². The molecule has 0 bridgehead atoms. The number of carbonyl (C=O) groups is 2. The summed E-state index contributed by atoms with van der Waals surface area (Å²) in [5.41, 5.74) is 1.97. The quantitative estimate of drug-likeness (QED) is 0.400. The minimum absolute atomic E-state index is 0.0952. The molecule has 0 fully saturated rings. The fraction of sp³-hybridized carbons (Fsp3) is 0.391. The summed E-state index contributed by atoms with van der Waals surface area (Å²) >= 11 is 0. The lowest BCUT2D eigenvalue weighted by atomic mass is 10.2. The number of ether oxygens (including phenoxy) is 3. The van der Waals surface area contributed by atoms with E-state index in [0.717, 1.165) is 12.1 Å². The van der Waals surface area contributed by atoms with Gasteiger partial charge in [-0.2, -0.15) is 0 Å². The van der Waals surface area contributed by atoms with E-state index in [0.29, 0.717) is 50.0 Å². The molecule has 0 spiro atoms. The van der Waals surface area contributed by atoms with Crippen LogP contribution in [0.3, 0.4) is 0 Å². The summed E-state index contributed by atoms with van der Waals surface area (Å²) in [6.07, 6.45) is 0.763. The molecule has 0 heterocycles. The van der Waals surface area contributed by atoms with E-state index in [1.165, 1.54) is 0 Å². The zero-order valence-corrected chi connectivity index (χ0v) is 18.1. The Kier molecular flexibility index (Phi) is 10.9. The topological polar surface area (TPSA) is 97.9 Å². The molecule has 0 unspecified atom stereocenters. The standard InChI is InChI=1S/C23H31N3O5/c1-3-30-14-15-31-21-7-4-6-20(16-21)26-22(27)17-25-19-10-8-18(9-11-19)23(28)24-12-5-13-29-2/h4,6-11,16,25H,3,5,12-15,17H2,1-2H3,(H,24,28)(H,26,27). The van der Waals surface area contributed by atoms with Crippen molar-refractivity contribution in [2.45, 2.75) is 13.3 Å². The number of benzene rings is 2. The van der Waals surface area contributed by atoms with Gasteiger partial charge in [0.05, 0.1) is 13.2 Å². The number of hydrogen-bond acceptors (Lipinski definition) is 6. The van der Waals surface area contributed by atoms with Gasteiger partial charge in [0.25, 0.3) is 5.91 Å². The third-order valence-corrected chi connectivity index (χ3v) is 4.23. The zero-order valence-electron chi connectivity index (χ0n) is 18.1. The second-order valence-corrected chi connectivity index (χ2v) is 6.65. The Morgan fingerprint density at radius 3 is 2.52 bits per heavy atom. The van der Waals surface area contributed by atoms with Crippen molar-refractivity contribution in [3.8, 4) is 5.75 Å². The van der Waals surface area contributed by atoms with E-state index in [9.17, 15) is 9.59 Å². The smallest absolute Gasteiger partial charge is 0.251 e. The number of rotatable bonds is 14. The molecule has 0 saturated carbocycles. The minimum Gasteiger partial charge on any atom is -0.491 e. The van der Waals surface area contributed by atoms with Crippen molar-refractivity contribution in [3.63, 3.8) is 0 Å². The van der Waals surface area contributed by atoms with Crippen molar-refractivity contribution in [2.24, 2.45) is 0 Å². The maximum absolute atomic E-state index is 12.2. The Morgan fingerprint density at radius 2 is 1.77 bits per heavy atom. The van der Waals surface area contributed by atoms with Gasteiger partial charge in [0.15, 0.2) is 0 Å². The van der Waals surface area contributed by atoms with Gasteiger partial charge in [-0.15, -0.1) is 0 Å². The molecule has 2 rings (SSSR count). The van der Waals surface area contributed by atoms with Crippen LogP contribution < -0.4 is 20.7 Å². The lowest BCUT2D eigenvalue weighted by molar-refractivity contribution is -0.114. The lowest BCUT2D eigenvalue weighted by Gasteiger charge is -2.11. The van der Waals surface area contributed by atoms with Gasteiger partial charge in [0, 0.05) is 49.9 Å². The molecule has 168 valence electrons. The fourth-order valence-electron chi connectivity index (χ4n) is 2.67. The van der Waals surface area contributed by atoms with Gasteiger partial charge in [-0.05, 0) is 49.7 Å². The van der Waals surface area contributed by atoms with Gasteiger partial charge in [0.1, 0.15) is 12.4 Å². The molecular formula is C23H31N3O5. The van der Waals surface area contributed by atoms with Crippen LogP contribution in [0.1, 0.15) is 23.7 Å². The second-order valence-electron chi connectivity index (χ2n) is 6.65. The Balaban J connectivity index is 1.75. The minimum atomic E-state index is -0.188. The summed E-state index contributed by atoms with van der Waals surface area (Å²) in [5, 5.41) is 8.71. The third-order valence-electron chi connectivity index (χ3n) is 4.23. The molecule has 8 nitrogen and oxygen atoms in total. The van der Waals surface area contributed by atoms with Crippen LogP contribution in [0.25, 0.3) is 0 Å². The van der Waals surface area contributed by atoms with E-state index in [-0.39, 0.29) is 18.4 Å². The monoisotopic (exact) mass is 429 g/mol. The van der Waals surface area contributed by atoms with Crippen LogP contribution >= 0.6 is 0 Å². The highest BCUT2D eigenvalue weighted by Gasteiger charge is 2.06. The van der Waals surface area contributed by atoms with Crippen molar-refractivity contribution in [1.29, 1.82) is 0 Å². The fourth-order valence-corrected chi connectivity index (χ4v) is 2.67. The first-order valence-corrected chi connectivity index (χ1v) is 10.3. The Hall–Kier alpha value is -3.10. The normalized spacial score (nSPS) is 10.4. The molecule has 0 atom stereocenters. The summed E-state index contributed by atoms with van der Waals surface area (Å²) in [6, 6.07) is 14.2. The van der Waals surface area contributed by atoms with Crippen molar-refractivity contribution in [1.82, 2.24) is 5.32 Å². The summed E-state index contributed by atoms with van der Waals surface area (Å²) in [7, 11) is 1.63. The van der Waals surface area contributed by atoms with Crippen LogP contribution in [0.4, 0.5) is 11.4 Å². The first kappa shape index (κ1) is 24.2. The van der Waals surface area contributed by atoms with Crippen LogP contribution in [-0.2, 0) is 14.3 Å². The molecule has 0 radical (unpaired) electrons. The largest absolute Gasteiger partial charge is 0.491 e. The average Bonchev–Trinajstić information content (AvgIpc) is 2.79. The molecule has 0 aliphatic rings. The highest BCUT2D eigenvalue weighted by atomic mass is 16.5. The molecule has 2 aromatic rings. The van der Waals surface area contributed by atoms with E-state index >= 15 is 0 Å². The van der Waals surface area contributed by atoms with E-state index < -0.39 is 0 Å². The highest BCUT2D eigenvalue weighted by molar-refractivity contribution is 5.95. The van der Waals surface area contributed by atoms with Gasteiger partial charge < -0.3 is 30.2 Å². The number of methoxy groups -OCH3 is 1. The molecule has 2 amide bonds. The molecular weight excluding hydrogens is 398 g/mol. The molecule has 0 aliphatic carbocycles. The van der Waals surface area contributed by atoms with Crippen molar-refractivity contribution in [3.05, 3.63) is 54.1 Å². The van der Waals surface area contributed by atoms with Crippen LogP contribution in [0.2, 0.25) is 0 Å². The average molecular weight is 430 g/mol. The van der Waals surface area contributed by atoms with Crippen LogP contribution in [-0.4, -0.2) is 58.4 Å². The molecule has 0 saturated heterocycles. The maximum atomic E-state index is 12.2. The number of amides is 2. The second kappa shape index (κ2) is 14.0. The number of anilines is 2. The number of hydrogen-bond donors (Lipinski definition) is 3.